The lowest BCUT2D eigenvalue weighted by molar-refractivity contribution is -0.735. The molecule has 9 heteroatoms. The minimum Gasteiger partial charge on any atom is -0.497 e. The molecular weight excluding hydrogens is 380 g/mol. The van der Waals surface area contributed by atoms with Gasteiger partial charge in [-0.25, -0.2) is 4.79 Å². The third-order valence-electron chi connectivity index (χ3n) is 5.89. The second kappa shape index (κ2) is 8.00. The lowest BCUT2D eigenvalue weighted by Gasteiger charge is -2.27. The zero-order valence-electron chi connectivity index (χ0n) is 17.0. The molecule has 9 nitrogen and oxygen atoms in total. The maximum atomic E-state index is 13.1. The second-order valence-corrected chi connectivity index (χ2v) is 7.14. The first-order valence-corrected chi connectivity index (χ1v) is 9.61. The number of imide groups is 1. The number of quaternary nitrogens is 1. The van der Waals surface area contributed by atoms with Crippen molar-refractivity contribution in [1.82, 2.24) is 4.90 Å². The Bertz CT molecular complexity index is 827. The SMILES string of the molecule is CCOC(=O)[C@]1(CO)[NH2+][C@H](c2ccc(OC)cc2OC)[C@@H]2C(=O)N(CC)C(=O)[C@H]21. The first-order chi connectivity index (χ1) is 13.9. The molecular formula is C20H27N2O7+. The highest BCUT2D eigenvalue weighted by Gasteiger charge is 2.72. The Morgan fingerprint density at radius 2 is 1.93 bits per heavy atom. The zero-order chi connectivity index (χ0) is 21.3. The number of nitrogens with zero attached hydrogens (tertiary/aromatic N) is 1. The van der Waals surface area contributed by atoms with Crippen LogP contribution in [-0.4, -0.2) is 67.3 Å². The van der Waals surface area contributed by atoms with Gasteiger partial charge in [0.05, 0.1) is 26.4 Å². The van der Waals surface area contributed by atoms with E-state index < -0.39 is 41.9 Å². The molecule has 3 rings (SSSR count). The molecule has 0 spiro atoms. The summed E-state index contributed by atoms with van der Waals surface area (Å²) in [5.41, 5.74) is -0.950. The summed E-state index contributed by atoms with van der Waals surface area (Å²) in [6.45, 7) is 3.02. The van der Waals surface area contributed by atoms with Crippen molar-refractivity contribution in [1.29, 1.82) is 0 Å². The fourth-order valence-corrected chi connectivity index (χ4v) is 4.55. The number of hydrogen-bond donors (Lipinski definition) is 2. The van der Waals surface area contributed by atoms with E-state index in [1.165, 1.54) is 14.2 Å². The molecule has 0 aromatic heterocycles. The minimum atomic E-state index is -1.59. The number of carbonyl (C=O) groups excluding carboxylic acids is 3. The number of amides is 2. The number of fused-ring (bicyclic) bond motifs is 1. The van der Waals surface area contributed by atoms with E-state index in [1.54, 1.807) is 37.4 Å². The summed E-state index contributed by atoms with van der Waals surface area (Å²) in [6.07, 6.45) is 0. The van der Waals surface area contributed by atoms with Crippen LogP contribution in [0.1, 0.15) is 25.5 Å². The average Bonchev–Trinajstić information content (AvgIpc) is 3.21. The van der Waals surface area contributed by atoms with Crippen LogP contribution in [0.15, 0.2) is 18.2 Å². The van der Waals surface area contributed by atoms with Crippen LogP contribution in [0.3, 0.4) is 0 Å². The summed E-state index contributed by atoms with van der Waals surface area (Å²) in [5.74, 6) is -2.32. The van der Waals surface area contributed by atoms with Gasteiger partial charge in [0, 0.05) is 12.6 Å². The minimum absolute atomic E-state index is 0.0992. The molecule has 0 aliphatic carbocycles. The van der Waals surface area contributed by atoms with Crippen molar-refractivity contribution in [2.45, 2.75) is 25.4 Å². The van der Waals surface area contributed by atoms with Gasteiger partial charge in [-0.3, -0.25) is 14.5 Å². The highest BCUT2D eigenvalue weighted by atomic mass is 16.5. The lowest BCUT2D eigenvalue weighted by atomic mass is 9.79. The Labute approximate surface area is 168 Å². The molecule has 2 saturated heterocycles. The van der Waals surface area contributed by atoms with Crippen molar-refractivity contribution in [3.8, 4) is 11.5 Å². The monoisotopic (exact) mass is 407 g/mol. The van der Waals surface area contributed by atoms with Gasteiger partial charge < -0.3 is 24.6 Å². The van der Waals surface area contributed by atoms with Crippen LogP contribution in [0.2, 0.25) is 0 Å². The smallest absolute Gasteiger partial charge is 0.371 e. The predicted molar refractivity (Wildman–Crippen MR) is 100 cm³/mol. The summed E-state index contributed by atoms with van der Waals surface area (Å²) in [5, 5.41) is 11.8. The van der Waals surface area contributed by atoms with Crippen molar-refractivity contribution >= 4 is 17.8 Å². The van der Waals surface area contributed by atoms with Crippen LogP contribution in [0.5, 0.6) is 11.5 Å². The molecule has 2 heterocycles. The molecule has 2 aliphatic heterocycles. The van der Waals surface area contributed by atoms with Crippen molar-refractivity contribution < 1.29 is 39.0 Å². The Kier molecular flexibility index (Phi) is 5.81. The number of rotatable bonds is 7. The fraction of sp³-hybridized carbons (Fsp3) is 0.550. The number of methoxy groups -OCH3 is 2. The second-order valence-electron chi connectivity index (χ2n) is 7.14. The van der Waals surface area contributed by atoms with Crippen molar-refractivity contribution in [2.24, 2.45) is 11.8 Å². The van der Waals surface area contributed by atoms with E-state index in [0.29, 0.717) is 17.1 Å². The van der Waals surface area contributed by atoms with Crippen LogP contribution < -0.4 is 14.8 Å². The van der Waals surface area contributed by atoms with E-state index in [1.807, 2.05) is 0 Å². The van der Waals surface area contributed by atoms with Crippen LogP contribution in [-0.2, 0) is 19.1 Å². The zero-order valence-corrected chi connectivity index (χ0v) is 17.0. The number of nitrogens with two attached hydrogens (primary N) is 1. The molecule has 29 heavy (non-hydrogen) atoms. The summed E-state index contributed by atoms with van der Waals surface area (Å²) < 4.78 is 15.9. The van der Waals surface area contributed by atoms with Gasteiger partial charge in [0.15, 0.2) is 0 Å². The Morgan fingerprint density at radius 1 is 1.21 bits per heavy atom. The highest BCUT2D eigenvalue weighted by molar-refractivity contribution is 6.08. The van der Waals surface area contributed by atoms with Gasteiger partial charge in [-0.15, -0.1) is 0 Å². The maximum absolute atomic E-state index is 13.1. The van der Waals surface area contributed by atoms with Crippen LogP contribution >= 0.6 is 0 Å². The van der Waals surface area contributed by atoms with Gasteiger partial charge in [0.1, 0.15) is 36.0 Å². The first kappa shape index (κ1) is 21.1. The molecule has 2 fully saturated rings. The Balaban J connectivity index is 2.16. The number of aliphatic hydroxyl groups excluding tert-OH is 1. The van der Waals surface area contributed by atoms with Gasteiger partial charge in [-0.1, -0.05) is 0 Å². The van der Waals surface area contributed by atoms with E-state index in [-0.39, 0.29) is 19.1 Å². The summed E-state index contributed by atoms with van der Waals surface area (Å²) in [6, 6.07) is 4.55. The molecule has 0 bridgehead atoms. The standard InChI is InChI=1S/C20H26N2O7/c1-5-22-17(24)14-15(18(22)25)20(10-23,19(26)29-6-2)21-16(14)12-8-7-11(27-3)9-13(12)28-4/h7-9,14-16,21,23H,5-6,10H2,1-4H3/p+1/t14-,15+,16-,20-/m1/s1. The predicted octanol–water partition coefficient (Wildman–Crippen LogP) is -0.763. The van der Waals surface area contributed by atoms with E-state index in [0.717, 1.165) is 4.90 Å². The van der Waals surface area contributed by atoms with E-state index >= 15 is 0 Å². The van der Waals surface area contributed by atoms with E-state index in [4.69, 9.17) is 14.2 Å². The molecule has 0 radical (unpaired) electrons. The van der Waals surface area contributed by atoms with Crippen molar-refractivity contribution in [3.63, 3.8) is 0 Å². The highest BCUT2D eigenvalue weighted by Crippen LogP contribution is 2.46. The number of ether oxygens (including phenoxy) is 3. The van der Waals surface area contributed by atoms with Crippen LogP contribution in [0, 0.1) is 11.8 Å². The van der Waals surface area contributed by atoms with Gasteiger partial charge in [0.25, 0.3) is 0 Å². The number of likely N-dealkylation sites (tertiary alicyclic amines) is 1. The number of carbonyl (C=O) groups is 3. The first-order valence-electron chi connectivity index (χ1n) is 9.61. The lowest BCUT2D eigenvalue weighted by Crippen LogP contribution is -2.99. The van der Waals surface area contributed by atoms with E-state index in [2.05, 4.69) is 0 Å². The number of benzene rings is 1. The summed E-state index contributed by atoms with van der Waals surface area (Å²) in [4.78, 5) is 40.2. The molecule has 0 saturated carbocycles. The molecule has 1 aromatic rings. The number of hydrogen-bond acceptors (Lipinski definition) is 7. The molecule has 158 valence electrons. The largest absolute Gasteiger partial charge is 0.497 e. The van der Waals surface area contributed by atoms with Gasteiger partial charge in [-0.2, -0.15) is 0 Å². The van der Waals surface area contributed by atoms with Gasteiger partial charge in [0.2, 0.25) is 17.4 Å². The van der Waals surface area contributed by atoms with E-state index in [9.17, 15) is 19.5 Å². The number of esters is 1. The summed E-state index contributed by atoms with van der Waals surface area (Å²) >= 11 is 0. The van der Waals surface area contributed by atoms with Crippen LogP contribution in [0.4, 0.5) is 0 Å². The van der Waals surface area contributed by atoms with Gasteiger partial charge in [-0.05, 0) is 26.0 Å². The third kappa shape index (κ3) is 3.05. The molecule has 2 amide bonds. The third-order valence-corrected chi connectivity index (χ3v) is 5.89. The molecule has 2 aliphatic rings. The molecule has 4 atom stereocenters. The maximum Gasteiger partial charge on any atom is 0.371 e. The van der Waals surface area contributed by atoms with Gasteiger partial charge >= 0.3 is 5.97 Å². The Hall–Kier alpha value is -2.65. The van der Waals surface area contributed by atoms with Crippen LogP contribution in [0.25, 0.3) is 0 Å². The topological polar surface area (TPSA) is 119 Å². The average molecular weight is 407 g/mol. The quantitative estimate of drug-likeness (QED) is 0.450. The van der Waals surface area contributed by atoms with Crippen molar-refractivity contribution in [2.75, 3.05) is 34.0 Å². The normalized spacial score (nSPS) is 28.4. The number of aliphatic hydroxyl groups is 1. The molecule has 3 N–H and O–H groups in total. The molecule has 1 aromatic carbocycles. The summed E-state index contributed by atoms with van der Waals surface area (Å²) in [7, 11) is 3.03. The fourth-order valence-electron chi connectivity index (χ4n) is 4.55. The molecule has 0 unspecified atom stereocenters. The van der Waals surface area contributed by atoms with Crippen molar-refractivity contribution in [3.05, 3.63) is 23.8 Å². The Morgan fingerprint density at radius 3 is 2.48 bits per heavy atom.